The van der Waals surface area contributed by atoms with Crippen molar-refractivity contribution >= 4 is 5.91 Å². The SMILES string of the molecule is CCCN(CC#N)C(=O)COC(C)(C)C. The molecule has 0 radical (unpaired) electrons. The summed E-state index contributed by atoms with van der Waals surface area (Å²) in [6, 6.07) is 1.98. The van der Waals surface area contributed by atoms with Gasteiger partial charge in [-0.05, 0) is 27.2 Å². The molecule has 0 saturated heterocycles. The Balaban J connectivity index is 4.09. The average molecular weight is 212 g/mol. The van der Waals surface area contributed by atoms with E-state index in [4.69, 9.17) is 10.00 Å². The summed E-state index contributed by atoms with van der Waals surface area (Å²) >= 11 is 0. The first kappa shape index (κ1) is 13.9. The fourth-order valence-electron chi connectivity index (χ4n) is 1.02. The fraction of sp³-hybridized carbons (Fsp3) is 0.818. The molecule has 0 aliphatic heterocycles. The van der Waals surface area contributed by atoms with Crippen LogP contribution in [0, 0.1) is 11.3 Å². The van der Waals surface area contributed by atoms with Gasteiger partial charge in [0.25, 0.3) is 0 Å². The van der Waals surface area contributed by atoms with E-state index >= 15 is 0 Å². The normalized spacial score (nSPS) is 10.9. The predicted octanol–water partition coefficient (Wildman–Crippen LogP) is 1.56. The van der Waals surface area contributed by atoms with Crippen LogP contribution in [0.5, 0.6) is 0 Å². The quantitative estimate of drug-likeness (QED) is 0.650. The highest BCUT2D eigenvalue weighted by Crippen LogP contribution is 2.06. The maximum atomic E-state index is 11.6. The van der Waals surface area contributed by atoms with Crippen molar-refractivity contribution in [3.8, 4) is 6.07 Å². The highest BCUT2D eigenvalue weighted by Gasteiger charge is 2.17. The van der Waals surface area contributed by atoms with Crippen molar-refractivity contribution in [3.05, 3.63) is 0 Å². The Kier molecular flexibility index (Phi) is 5.95. The van der Waals surface area contributed by atoms with Gasteiger partial charge in [0.05, 0.1) is 11.7 Å². The standard InChI is InChI=1S/C11H20N2O2/c1-5-7-13(8-6-12)10(14)9-15-11(2,3)4/h5,7-9H2,1-4H3. The number of nitriles is 1. The molecule has 0 bridgehead atoms. The van der Waals surface area contributed by atoms with Gasteiger partial charge in [0.15, 0.2) is 0 Å². The molecule has 15 heavy (non-hydrogen) atoms. The van der Waals surface area contributed by atoms with Gasteiger partial charge in [-0.25, -0.2) is 0 Å². The van der Waals surface area contributed by atoms with Crippen molar-refractivity contribution in [2.45, 2.75) is 39.7 Å². The molecule has 0 aromatic heterocycles. The highest BCUT2D eigenvalue weighted by atomic mass is 16.5. The van der Waals surface area contributed by atoms with Crippen LogP contribution in [0.15, 0.2) is 0 Å². The lowest BCUT2D eigenvalue weighted by atomic mass is 10.2. The molecule has 0 N–H and O–H groups in total. The number of carbonyl (C=O) groups excluding carboxylic acids is 1. The maximum absolute atomic E-state index is 11.6. The van der Waals surface area contributed by atoms with Crippen LogP contribution < -0.4 is 0 Å². The number of nitrogens with zero attached hydrogens (tertiary/aromatic N) is 2. The number of rotatable bonds is 5. The smallest absolute Gasteiger partial charge is 0.249 e. The number of hydrogen-bond donors (Lipinski definition) is 0. The summed E-state index contributed by atoms with van der Waals surface area (Å²) in [5.41, 5.74) is -0.319. The van der Waals surface area contributed by atoms with E-state index in [0.29, 0.717) is 6.54 Å². The van der Waals surface area contributed by atoms with Gasteiger partial charge in [0.2, 0.25) is 5.91 Å². The van der Waals surface area contributed by atoms with Gasteiger partial charge in [0.1, 0.15) is 13.2 Å². The largest absolute Gasteiger partial charge is 0.366 e. The Bertz CT molecular complexity index is 238. The van der Waals surface area contributed by atoms with Gasteiger partial charge in [-0.3, -0.25) is 4.79 Å². The molecule has 1 amide bonds. The van der Waals surface area contributed by atoms with Crippen molar-refractivity contribution in [3.63, 3.8) is 0 Å². The third-order valence-electron chi connectivity index (χ3n) is 1.74. The minimum absolute atomic E-state index is 0.0468. The summed E-state index contributed by atoms with van der Waals surface area (Å²) in [4.78, 5) is 13.1. The van der Waals surface area contributed by atoms with Crippen LogP contribution in [0.2, 0.25) is 0 Å². The molecule has 0 aromatic carbocycles. The van der Waals surface area contributed by atoms with Crippen LogP contribution in [0.25, 0.3) is 0 Å². The number of hydrogen-bond acceptors (Lipinski definition) is 3. The molecule has 0 saturated carbocycles. The van der Waals surface area contributed by atoms with E-state index in [2.05, 4.69) is 0 Å². The Hall–Kier alpha value is -1.08. The first-order valence-corrected chi connectivity index (χ1v) is 5.19. The second-order valence-corrected chi connectivity index (χ2v) is 4.37. The lowest BCUT2D eigenvalue weighted by Crippen LogP contribution is -2.37. The molecular weight excluding hydrogens is 192 g/mol. The molecule has 0 fully saturated rings. The first-order chi connectivity index (χ1) is 6.90. The Morgan fingerprint density at radius 3 is 2.47 bits per heavy atom. The molecule has 4 heteroatoms. The summed E-state index contributed by atoms with van der Waals surface area (Å²) in [5.74, 6) is -0.117. The second-order valence-electron chi connectivity index (χ2n) is 4.37. The lowest BCUT2D eigenvalue weighted by Gasteiger charge is -2.23. The van der Waals surface area contributed by atoms with Crippen molar-refractivity contribution in [2.75, 3.05) is 19.7 Å². The molecule has 0 aromatic rings. The number of amides is 1. The van der Waals surface area contributed by atoms with Gasteiger partial charge < -0.3 is 9.64 Å². The Morgan fingerprint density at radius 1 is 1.47 bits per heavy atom. The van der Waals surface area contributed by atoms with Gasteiger partial charge in [-0.2, -0.15) is 5.26 Å². The summed E-state index contributed by atoms with van der Waals surface area (Å²) in [7, 11) is 0. The number of carbonyl (C=O) groups is 1. The third-order valence-corrected chi connectivity index (χ3v) is 1.74. The zero-order valence-corrected chi connectivity index (χ0v) is 10.0. The molecule has 86 valence electrons. The van der Waals surface area contributed by atoms with Crippen LogP contribution in [-0.2, 0) is 9.53 Å². The van der Waals surface area contributed by atoms with Crippen LogP contribution in [-0.4, -0.2) is 36.1 Å². The zero-order valence-electron chi connectivity index (χ0n) is 10.0. The van der Waals surface area contributed by atoms with E-state index in [1.165, 1.54) is 4.90 Å². The maximum Gasteiger partial charge on any atom is 0.249 e. The van der Waals surface area contributed by atoms with E-state index in [1.54, 1.807) is 0 Å². The molecule has 0 unspecified atom stereocenters. The van der Waals surface area contributed by atoms with E-state index < -0.39 is 0 Å². The van der Waals surface area contributed by atoms with E-state index in [0.717, 1.165) is 6.42 Å². The minimum atomic E-state index is -0.319. The molecule has 4 nitrogen and oxygen atoms in total. The van der Waals surface area contributed by atoms with Crippen molar-refractivity contribution < 1.29 is 9.53 Å². The molecule has 0 aliphatic carbocycles. The van der Waals surface area contributed by atoms with Crippen LogP contribution in [0.1, 0.15) is 34.1 Å². The van der Waals surface area contributed by atoms with Crippen molar-refractivity contribution in [1.82, 2.24) is 4.90 Å². The monoisotopic (exact) mass is 212 g/mol. The van der Waals surface area contributed by atoms with E-state index in [9.17, 15) is 4.79 Å². The third kappa shape index (κ3) is 6.92. The molecule has 0 atom stereocenters. The average Bonchev–Trinajstić information content (AvgIpc) is 2.13. The minimum Gasteiger partial charge on any atom is -0.366 e. The molecule has 0 heterocycles. The van der Waals surface area contributed by atoms with Crippen molar-refractivity contribution in [2.24, 2.45) is 0 Å². The van der Waals surface area contributed by atoms with Gasteiger partial charge in [0, 0.05) is 6.54 Å². The Morgan fingerprint density at radius 2 is 2.07 bits per heavy atom. The van der Waals surface area contributed by atoms with E-state index in [1.807, 2.05) is 33.8 Å². The summed E-state index contributed by atoms with van der Waals surface area (Å²) in [5, 5.41) is 8.56. The Labute approximate surface area is 91.8 Å². The van der Waals surface area contributed by atoms with Crippen LogP contribution in [0.4, 0.5) is 0 Å². The van der Waals surface area contributed by atoms with Crippen molar-refractivity contribution in [1.29, 1.82) is 5.26 Å². The summed E-state index contributed by atoms with van der Waals surface area (Å²) in [6.07, 6.45) is 0.850. The van der Waals surface area contributed by atoms with Crippen LogP contribution in [0.3, 0.4) is 0 Å². The molecule has 0 rings (SSSR count). The molecular formula is C11H20N2O2. The predicted molar refractivity (Wildman–Crippen MR) is 58.2 cm³/mol. The van der Waals surface area contributed by atoms with Gasteiger partial charge in [-0.15, -0.1) is 0 Å². The lowest BCUT2D eigenvalue weighted by molar-refractivity contribution is -0.140. The summed E-state index contributed by atoms with van der Waals surface area (Å²) in [6.45, 7) is 8.46. The fourth-order valence-corrected chi connectivity index (χ4v) is 1.02. The molecule has 0 aliphatic rings. The number of ether oxygens (including phenoxy) is 1. The highest BCUT2D eigenvalue weighted by molar-refractivity contribution is 5.77. The first-order valence-electron chi connectivity index (χ1n) is 5.19. The van der Waals surface area contributed by atoms with Gasteiger partial charge >= 0.3 is 0 Å². The van der Waals surface area contributed by atoms with E-state index in [-0.39, 0.29) is 24.7 Å². The molecule has 0 spiro atoms. The zero-order chi connectivity index (χ0) is 11.9. The second kappa shape index (κ2) is 6.41. The summed E-state index contributed by atoms with van der Waals surface area (Å²) < 4.78 is 5.36. The van der Waals surface area contributed by atoms with Gasteiger partial charge in [-0.1, -0.05) is 6.92 Å². The van der Waals surface area contributed by atoms with Crippen LogP contribution >= 0.6 is 0 Å². The topological polar surface area (TPSA) is 53.3 Å².